The maximum Gasteiger partial charge on any atom is 0.0602 e. The van der Waals surface area contributed by atoms with Crippen LogP contribution < -0.4 is 0 Å². The SMILES string of the molecule is CCN1CCCC1CN(C)CCOCCCl. The molecule has 1 rings (SSSR count). The second-order valence-corrected chi connectivity index (χ2v) is 4.87. The van der Waals surface area contributed by atoms with E-state index in [2.05, 4.69) is 23.8 Å². The summed E-state index contributed by atoms with van der Waals surface area (Å²) in [6, 6.07) is 0.753. The van der Waals surface area contributed by atoms with Gasteiger partial charge in [0, 0.05) is 25.0 Å². The molecule has 0 aromatic carbocycles. The molecule has 1 saturated heterocycles. The van der Waals surface area contributed by atoms with E-state index >= 15 is 0 Å². The number of ether oxygens (including phenoxy) is 1. The van der Waals surface area contributed by atoms with Crippen molar-refractivity contribution >= 4 is 11.6 Å². The predicted octanol–water partition coefficient (Wildman–Crippen LogP) is 1.66. The van der Waals surface area contributed by atoms with Gasteiger partial charge in [-0.1, -0.05) is 6.92 Å². The van der Waals surface area contributed by atoms with Crippen LogP contribution in [0.2, 0.25) is 0 Å². The van der Waals surface area contributed by atoms with Crippen molar-refractivity contribution in [1.29, 1.82) is 0 Å². The van der Waals surface area contributed by atoms with Gasteiger partial charge in [-0.25, -0.2) is 0 Å². The molecule has 1 fully saturated rings. The number of hydrogen-bond donors (Lipinski definition) is 0. The number of nitrogens with zero attached hydrogens (tertiary/aromatic N) is 2. The second-order valence-electron chi connectivity index (χ2n) is 4.49. The summed E-state index contributed by atoms with van der Waals surface area (Å²) >= 11 is 5.55. The molecular formula is C12H25ClN2O. The van der Waals surface area contributed by atoms with Gasteiger partial charge in [0.2, 0.25) is 0 Å². The topological polar surface area (TPSA) is 15.7 Å². The van der Waals surface area contributed by atoms with Crippen LogP contribution in [0.15, 0.2) is 0 Å². The summed E-state index contributed by atoms with van der Waals surface area (Å²) in [5.41, 5.74) is 0. The van der Waals surface area contributed by atoms with Gasteiger partial charge in [-0.3, -0.25) is 4.90 Å². The third kappa shape index (κ3) is 5.00. The Labute approximate surface area is 105 Å². The maximum atomic E-state index is 5.55. The highest BCUT2D eigenvalue weighted by atomic mass is 35.5. The molecule has 1 heterocycles. The second kappa shape index (κ2) is 8.29. The van der Waals surface area contributed by atoms with Gasteiger partial charge in [-0.2, -0.15) is 0 Å². The van der Waals surface area contributed by atoms with E-state index in [9.17, 15) is 0 Å². The lowest BCUT2D eigenvalue weighted by Crippen LogP contribution is -2.39. The zero-order valence-electron chi connectivity index (χ0n) is 10.6. The van der Waals surface area contributed by atoms with Crippen molar-refractivity contribution in [3.05, 3.63) is 0 Å². The molecule has 0 aromatic heterocycles. The minimum atomic E-state index is 0.593. The molecule has 0 spiro atoms. The van der Waals surface area contributed by atoms with Crippen LogP contribution in [0.3, 0.4) is 0 Å². The Morgan fingerprint density at radius 2 is 2.25 bits per heavy atom. The molecule has 96 valence electrons. The Balaban J connectivity index is 2.10. The Bertz CT molecular complexity index is 180. The average Bonchev–Trinajstić information content (AvgIpc) is 2.71. The van der Waals surface area contributed by atoms with E-state index in [4.69, 9.17) is 16.3 Å². The minimum Gasteiger partial charge on any atom is -0.379 e. The minimum absolute atomic E-state index is 0.593. The van der Waals surface area contributed by atoms with Crippen LogP contribution in [-0.2, 0) is 4.74 Å². The summed E-state index contributed by atoms with van der Waals surface area (Å²) in [6.45, 7) is 8.34. The normalized spacial score (nSPS) is 22.1. The molecule has 1 unspecified atom stereocenters. The van der Waals surface area contributed by atoms with Crippen LogP contribution in [0.4, 0.5) is 0 Å². The highest BCUT2D eigenvalue weighted by molar-refractivity contribution is 6.17. The molecular weight excluding hydrogens is 224 g/mol. The highest BCUT2D eigenvalue weighted by Gasteiger charge is 2.23. The third-order valence-electron chi connectivity index (χ3n) is 3.27. The summed E-state index contributed by atoms with van der Waals surface area (Å²) in [7, 11) is 2.18. The molecule has 0 aromatic rings. The highest BCUT2D eigenvalue weighted by Crippen LogP contribution is 2.16. The first-order valence-electron chi connectivity index (χ1n) is 6.34. The van der Waals surface area contributed by atoms with Gasteiger partial charge in [-0.05, 0) is 33.0 Å². The molecule has 0 aliphatic carbocycles. The number of rotatable bonds is 8. The van der Waals surface area contributed by atoms with Crippen LogP contribution in [0.25, 0.3) is 0 Å². The van der Waals surface area contributed by atoms with E-state index in [-0.39, 0.29) is 0 Å². The molecule has 1 atom stereocenters. The number of likely N-dealkylation sites (tertiary alicyclic amines) is 1. The third-order valence-corrected chi connectivity index (χ3v) is 3.42. The molecule has 0 bridgehead atoms. The van der Waals surface area contributed by atoms with Gasteiger partial charge in [0.15, 0.2) is 0 Å². The predicted molar refractivity (Wildman–Crippen MR) is 69.3 cm³/mol. The Morgan fingerprint density at radius 3 is 2.94 bits per heavy atom. The molecule has 4 heteroatoms. The summed E-state index contributed by atoms with van der Waals surface area (Å²) in [4.78, 5) is 4.95. The molecule has 0 radical (unpaired) electrons. The molecule has 1 aliphatic heterocycles. The smallest absolute Gasteiger partial charge is 0.0602 e. The number of alkyl halides is 1. The van der Waals surface area contributed by atoms with E-state index in [1.807, 2.05) is 0 Å². The molecule has 16 heavy (non-hydrogen) atoms. The first kappa shape index (κ1) is 14.2. The number of hydrogen-bond acceptors (Lipinski definition) is 3. The molecule has 0 amide bonds. The first-order valence-corrected chi connectivity index (χ1v) is 6.87. The van der Waals surface area contributed by atoms with Gasteiger partial charge < -0.3 is 9.64 Å². The molecule has 1 aliphatic rings. The Kier molecular flexibility index (Phi) is 7.37. The monoisotopic (exact) mass is 248 g/mol. The quantitative estimate of drug-likeness (QED) is 0.480. The summed E-state index contributed by atoms with van der Waals surface area (Å²) in [5.74, 6) is 0.593. The van der Waals surface area contributed by atoms with E-state index in [0.29, 0.717) is 12.5 Å². The van der Waals surface area contributed by atoms with E-state index in [0.717, 1.165) is 25.7 Å². The van der Waals surface area contributed by atoms with Gasteiger partial charge in [0.25, 0.3) is 0 Å². The van der Waals surface area contributed by atoms with Crippen LogP contribution in [-0.4, -0.2) is 68.2 Å². The zero-order chi connectivity index (χ0) is 11.8. The fourth-order valence-electron chi connectivity index (χ4n) is 2.35. The van der Waals surface area contributed by atoms with Crippen molar-refractivity contribution in [3.8, 4) is 0 Å². The standard InChI is InChI=1S/C12H25ClN2O/c1-3-15-7-4-5-12(15)11-14(2)8-10-16-9-6-13/h12H,3-11H2,1-2H3. The lowest BCUT2D eigenvalue weighted by Gasteiger charge is -2.27. The summed E-state index contributed by atoms with van der Waals surface area (Å²) < 4.78 is 5.38. The van der Waals surface area contributed by atoms with Crippen molar-refractivity contribution in [2.24, 2.45) is 0 Å². The molecule has 0 N–H and O–H groups in total. The van der Waals surface area contributed by atoms with Gasteiger partial charge in [-0.15, -0.1) is 11.6 Å². The van der Waals surface area contributed by atoms with Gasteiger partial charge in [0.05, 0.1) is 13.2 Å². The number of halogens is 1. The van der Waals surface area contributed by atoms with Crippen LogP contribution in [0, 0.1) is 0 Å². The fourth-order valence-corrected chi connectivity index (χ4v) is 2.46. The largest absolute Gasteiger partial charge is 0.379 e. The molecule has 0 saturated carbocycles. The van der Waals surface area contributed by atoms with Crippen LogP contribution in [0.1, 0.15) is 19.8 Å². The number of likely N-dealkylation sites (N-methyl/N-ethyl adjacent to an activating group) is 2. The summed E-state index contributed by atoms with van der Waals surface area (Å²) in [6.07, 6.45) is 2.70. The van der Waals surface area contributed by atoms with Gasteiger partial charge in [0.1, 0.15) is 0 Å². The zero-order valence-corrected chi connectivity index (χ0v) is 11.4. The Morgan fingerprint density at radius 1 is 1.44 bits per heavy atom. The lowest BCUT2D eigenvalue weighted by atomic mass is 10.2. The maximum absolute atomic E-state index is 5.55. The van der Waals surface area contributed by atoms with Crippen molar-refractivity contribution in [1.82, 2.24) is 9.80 Å². The van der Waals surface area contributed by atoms with E-state index < -0.39 is 0 Å². The van der Waals surface area contributed by atoms with Crippen molar-refractivity contribution < 1.29 is 4.74 Å². The van der Waals surface area contributed by atoms with Crippen molar-refractivity contribution in [3.63, 3.8) is 0 Å². The van der Waals surface area contributed by atoms with Gasteiger partial charge >= 0.3 is 0 Å². The van der Waals surface area contributed by atoms with Crippen molar-refractivity contribution in [2.75, 3.05) is 52.3 Å². The van der Waals surface area contributed by atoms with E-state index in [1.54, 1.807) is 0 Å². The van der Waals surface area contributed by atoms with Crippen LogP contribution >= 0.6 is 11.6 Å². The summed E-state index contributed by atoms with van der Waals surface area (Å²) in [5, 5.41) is 0. The average molecular weight is 249 g/mol. The first-order chi connectivity index (χ1) is 7.77. The van der Waals surface area contributed by atoms with Crippen LogP contribution in [0.5, 0.6) is 0 Å². The Hall–Kier alpha value is 0.170. The van der Waals surface area contributed by atoms with Crippen molar-refractivity contribution in [2.45, 2.75) is 25.8 Å². The fraction of sp³-hybridized carbons (Fsp3) is 1.00. The lowest BCUT2D eigenvalue weighted by molar-refractivity contribution is 0.112. The molecule has 3 nitrogen and oxygen atoms in total. The van der Waals surface area contributed by atoms with E-state index in [1.165, 1.54) is 25.9 Å².